The monoisotopic (exact) mass is 380 g/mol. The van der Waals surface area contributed by atoms with Gasteiger partial charge in [-0.15, -0.1) is 0 Å². The number of hydrogen-bond donors (Lipinski definition) is 1. The molecule has 0 spiro atoms. The third-order valence-corrected chi connectivity index (χ3v) is 4.86. The molecule has 0 saturated carbocycles. The van der Waals surface area contributed by atoms with Crippen molar-refractivity contribution in [2.45, 2.75) is 13.0 Å². The largest absolute Gasteiger partial charge is 0.450 e. The zero-order valence-electron chi connectivity index (χ0n) is 14.9. The van der Waals surface area contributed by atoms with E-state index in [0.717, 1.165) is 5.56 Å². The molecule has 0 aliphatic carbocycles. The van der Waals surface area contributed by atoms with Gasteiger partial charge in [0, 0.05) is 18.7 Å². The standard InChI is InChI=1S/C20H16N2O6/c1-11-5-6-15-14(9-11)18(24)16-17(12-3-2-4-13(10-12)22(26)27)21(7-8-23)20(25)19(16)28-15/h2-6,9-10,17,23H,7-8H2,1H3. The van der Waals surface area contributed by atoms with Gasteiger partial charge in [0.1, 0.15) is 5.58 Å². The van der Waals surface area contributed by atoms with Crippen LogP contribution in [0, 0.1) is 17.0 Å². The van der Waals surface area contributed by atoms with Crippen LogP contribution in [0.15, 0.2) is 51.7 Å². The summed E-state index contributed by atoms with van der Waals surface area (Å²) in [5.41, 5.74) is 1.20. The van der Waals surface area contributed by atoms with Gasteiger partial charge in [0.25, 0.3) is 11.6 Å². The Morgan fingerprint density at radius 3 is 2.71 bits per heavy atom. The summed E-state index contributed by atoms with van der Waals surface area (Å²) >= 11 is 0. The van der Waals surface area contributed by atoms with E-state index in [0.29, 0.717) is 16.5 Å². The van der Waals surface area contributed by atoms with Gasteiger partial charge < -0.3 is 14.4 Å². The summed E-state index contributed by atoms with van der Waals surface area (Å²) < 4.78 is 5.75. The van der Waals surface area contributed by atoms with E-state index in [-0.39, 0.29) is 35.6 Å². The molecule has 142 valence electrons. The molecule has 28 heavy (non-hydrogen) atoms. The average molecular weight is 380 g/mol. The fourth-order valence-corrected chi connectivity index (χ4v) is 3.63. The Morgan fingerprint density at radius 2 is 2.00 bits per heavy atom. The van der Waals surface area contributed by atoms with E-state index < -0.39 is 16.9 Å². The van der Waals surface area contributed by atoms with Gasteiger partial charge in [0.2, 0.25) is 5.76 Å². The van der Waals surface area contributed by atoms with Crippen molar-refractivity contribution in [2.75, 3.05) is 13.2 Å². The number of nitro groups is 1. The SMILES string of the molecule is Cc1ccc2oc3c(c(=O)c2c1)C(c1cccc([N+](=O)[O-])c1)N(CCO)C3=O. The van der Waals surface area contributed by atoms with Gasteiger partial charge in [0.05, 0.1) is 28.5 Å². The number of fused-ring (bicyclic) bond motifs is 2. The molecule has 3 aromatic rings. The smallest absolute Gasteiger partial charge is 0.290 e. The molecule has 0 saturated heterocycles. The van der Waals surface area contributed by atoms with Gasteiger partial charge in [-0.25, -0.2) is 0 Å². The summed E-state index contributed by atoms with van der Waals surface area (Å²) in [4.78, 5) is 38.1. The number of carbonyl (C=O) groups is 1. The third-order valence-electron chi connectivity index (χ3n) is 4.86. The Morgan fingerprint density at radius 1 is 1.21 bits per heavy atom. The summed E-state index contributed by atoms with van der Waals surface area (Å²) in [6.07, 6.45) is 0. The number of aliphatic hydroxyl groups excluding tert-OH is 1. The molecule has 0 fully saturated rings. The lowest BCUT2D eigenvalue weighted by molar-refractivity contribution is -0.384. The van der Waals surface area contributed by atoms with E-state index in [9.17, 15) is 24.8 Å². The number of rotatable bonds is 4. The molecule has 1 N–H and O–H groups in total. The molecule has 4 rings (SSSR count). The van der Waals surface area contributed by atoms with Gasteiger partial charge in [-0.1, -0.05) is 23.8 Å². The Balaban J connectivity index is 2.01. The van der Waals surface area contributed by atoms with Crippen LogP contribution in [-0.4, -0.2) is 34.0 Å². The molecule has 1 unspecified atom stereocenters. The van der Waals surface area contributed by atoms with E-state index >= 15 is 0 Å². The molecule has 8 nitrogen and oxygen atoms in total. The molecule has 0 bridgehead atoms. The normalized spacial score (nSPS) is 15.9. The van der Waals surface area contributed by atoms with Crippen molar-refractivity contribution >= 4 is 22.6 Å². The summed E-state index contributed by atoms with van der Waals surface area (Å²) in [6, 6.07) is 10.0. The second-order valence-electron chi connectivity index (χ2n) is 6.65. The van der Waals surface area contributed by atoms with Crippen molar-refractivity contribution in [2.24, 2.45) is 0 Å². The van der Waals surface area contributed by atoms with Crippen molar-refractivity contribution in [3.05, 3.63) is 85.3 Å². The minimum atomic E-state index is -0.865. The first-order chi connectivity index (χ1) is 13.4. The number of amides is 1. The predicted molar refractivity (Wildman–Crippen MR) is 100 cm³/mol. The van der Waals surface area contributed by atoms with E-state index in [2.05, 4.69) is 0 Å². The van der Waals surface area contributed by atoms with Crippen molar-refractivity contribution in [1.82, 2.24) is 4.90 Å². The number of carbonyl (C=O) groups excluding carboxylic acids is 1. The molecule has 1 aromatic heterocycles. The highest BCUT2D eigenvalue weighted by Crippen LogP contribution is 2.38. The number of aliphatic hydroxyl groups is 1. The molecule has 1 amide bonds. The van der Waals surface area contributed by atoms with Crippen LogP contribution in [0.4, 0.5) is 5.69 Å². The summed E-state index contributed by atoms with van der Waals surface area (Å²) in [5.74, 6) is -0.619. The Bertz CT molecular complexity index is 1180. The molecular weight excluding hydrogens is 364 g/mol. The minimum Gasteiger partial charge on any atom is -0.450 e. The zero-order valence-corrected chi connectivity index (χ0v) is 14.9. The highest BCUT2D eigenvalue weighted by molar-refractivity contribution is 5.99. The summed E-state index contributed by atoms with van der Waals surface area (Å²) in [5, 5.41) is 20.9. The first kappa shape index (κ1) is 17.9. The molecule has 2 aromatic carbocycles. The number of non-ortho nitro benzene ring substituents is 1. The van der Waals surface area contributed by atoms with Crippen LogP contribution < -0.4 is 5.43 Å². The van der Waals surface area contributed by atoms with E-state index in [4.69, 9.17) is 4.42 Å². The van der Waals surface area contributed by atoms with Crippen molar-refractivity contribution in [1.29, 1.82) is 0 Å². The van der Waals surface area contributed by atoms with Gasteiger partial charge in [0.15, 0.2) is 5.43 Å². The molecule has 8 heteroatoms. The third kappa shape index (κ3) is 2.66. The van der Waals surface area contributed by atoms with Crippen molar-refractivity contribution in [3.63, 3.8) is 0 Å². The van der Waals surface area contributed by atoms with Gasteiger partial charge in [-0.3, -0.25) is 19.7 Å². The number of nitrogens with zero attached hydrogens (tertiary/aromatic N) is 2. The Kier molecular flexibility index (Phi) is 4.20. The quantitative estimate of drug-likeness (QED) is 0.550. The highest BCUT2D eigenvalue weighted by Gasteiger charge is 2.42. The lowest BCUT2D eigenvalue weighted by Crippen LogP contribution is -2.32. The molecule has 1 aliphatic rings. The first-order valence-electron chi connectivity index (χ1n) is 8.66. The number of β-amino-alcohol motifs (C(OH)–C–C–N with tert-alkyl or cyclic N) is 1. The lowest BCUT2D eigenvalue weighted by atomic mass is 9.98. The second-order valence-corrected chi connectivity index (χ2v) is 6.65. The number of nitro benzene ring substituents is 1. The van der Waals surface area contributed by atoms with Crippen LogP contribution in [0.1, 0.15) is 33.3 Å². The summed E-state index contributed by atoms with van der Waals surface area (Å²) in [6.45, 7) is 1.48. The maximum absolute atomic E-state index is 13.2. The van der Waals surface area contributed by atoms with E-state index in [1.54, 1.807) is 24.3 Å². The Labute approximate surface area is 158 Å². The lowest BCUT2D eigenvalue weighted by Gasteiger charge is -2.24. The molecule has 2 heterocycles. The van der Waals surface area contributed by atoms with Gasteiger partial charge in [-0.05, 0) is 24.6 Å². The van der Waals surface area contributed by atoms with Crippen LogP contribution in [0.3, 0.4) is 0 Å². The van der Waals surface area contributed by atoms with E-state index in [1.165, 1.54) is 23.1 Å². The fraction of sp³-hybridized carbons (Fsp3) is 0.200. The average Bonchev–Trinajstić information content (AvgIpc) is 2.95. The van der Waals surface area contributed by atoms with Gasteiger partial charge in [-0.2, -0.15) is 0 Å². The second kappa shape index (κ2) is 6.58. The Hall–Kier alpha value is -3.52. The zero-order chi connectivity index (χ0) is 20.0. The fourth-order valence-electron chi connectivity index (χ4n) is 3.63. The van der Waals surface area contributed by atoms with Crippen LogP contribution in [0.5, 0.6) is 0 Å². The van der Waals surface area contributed by atoms with Gasteiger partial charge >= 0.3 is 0 Å². The number of hydrogen-bond acceptors (Lipinski definition) is 6. The maximum atomic E-state index is 13.2. The predicted octanol–water partition coefficient (Wildman–Crippen LogP) is 2.55. The van der Waals surface area contributed by atoms with Crippen molar-refractivity contribution in [3.8, 4) is 0 Å². The first-order valence-corrected chi connectivity index (χ1v) is 8.66. The van der Waals surface area contributed by atoms with E-state index in [1.807, 2.05) is 6.92 Å². The van der Waals surface area contributed by atoms with Crippen LogP contribution >= 0.6 is 0 Å². The number of aryl methyl sites for hydroxylation is 1. The molecular formula is C20H16N2O6. The van der Waals surface area contributed by atoms with Crippen LogP contribution in [-0.2, 0) is 0 Å². The number of benzene rings is 2. The van der Waals surface area contributed by atoms with Crippen LogP contribution in [0.2, 0.25) is 0 Å². The molecule has 1 aliphatic heterocycles. The topological polar surface area (TPSA) is 114 Å². The minimum absolute atomic E-state index is 0.0365. The maximum Gasteiger partial charge on any atom is 0.290 e. The summed E-state index contributed by atoms with van der Waals surface area (Å²) in [7, 11) is 0. The van der Waals surface area contributed by atoms with Crippen molar-refractivity contribution < 1.29 is 19.2 Å². The molecule has 1 atom stereocenters. The van der Waals surface area contributed by atoms with Crippen LogP contribution in [0.25, 0.3) is 11.0 Å². The highest BCUT2D eigenvalue weighted by atomic mass is 16.6. The molecule has 0 radical (unpaired) electrons.